The van der Waals surface area contributed by atoms with Crippen LogP contribution in [0.25, 0.3) is 17.5 Å². The van der Waals surface area contributed by atoms with Crippen LogP contribution in [0, 0.1) is 0 Å². The first-order valence-corrected chi connectivity index (χ1v) is 9.68. The number of nitrogens with zero attached hydrogens (tertiary/aromatic N) is 2. The summed E-state index contributed by atoms with van der Waals surface area (Å²) in [5.74, 6) is 0.857. The predicted octanol–water partition coefficient (Wildman–Crippen LogP) is 5.04. The van der Waals surface area contributed by atoms with Crippen LogP contribution >= 0.6 is 0 Å². The van der Waals surface area contributed by atoms with Gasteiger partial charge in [-0.3, -0.25) is 10.1 Å². The zero-order chi connectivity index (χ0) is 19.7. The number of aromatic nitrogens is 3. The first kappa shape index (κ1) is 17.4. The van der Waals surface area contributed by atoms with E-state index in [-0.39, 0.29) is 5.41 Å². The SMILES string of the molecule is COc1cccc(C2(c3ccccc3)C=Cc3c(-c4ccccn4)n[nH]c3C2)c1. The maximum atomic E-state index is 5.51. The number of methoxy groups -OCH3 is 1. The molecule has 4 aromatic rings. The first-order valence-electron chi connectivity index (χ1n) is 9.68. The molecule has 0 saturated carbocycles. The van der Waals surface area contributed by atoms with E-state index in [2.05, 4.69) is 75.9 Å². The fourth-order valence-electron chi connectivity index (χ4n) is 4.16. The maximum Gasteiger partial charge on any atom is 0.119 e. The Morgan fingerprint density at radius 2 is 1.76 bits per heavy atom. The Balaban J connectivity index is 1.66. The highest BCUT2D eigenvalue weighted by Crippen LogP contribution is 2.43. The number of allylic oxidation sites excluding steroid dienone is 1. The molecule has 4 nitrogen and oxygen atoms in total. The number of hydrogen-bond acceptors (Lipinski definition) is 3. The molecule has 4 heteroatoms. The standard InChI is InChI=1S/C25H21N3O/c1-29-20-11-7-10-19(16-20)25(18-8-3-2-4-9-18)14-13-21-23(17-25)27-28-24(21)22-12-5-6-15-26-22/h2-16H,17H2,1H3,(H,27,28). The molecule has 0 fully saturated rings. The molecule has 2 aromatic carbocycles. The van der Waals surface area contributed by atoms with Crippen molar-refractivity contribution in [3.05, 3.63) is 107 Å². The second kappa shape index (κ2) is 7.06. The summed E-state index contributed by atoms with van der Waals surface area (Å²) in [5, 5.41) is 7.87. The van der Waals surface area contributed by atoms with Gasteiger partial charge in [0.15, 0.2) is 0 Å². The van der Waals surface area contributed by atoms with Gasteiger partial charge in [-0.1, -0.05) is 60.7 Å². The lowest BCUT2D eigenvalue weighted by atomic mass is 9.68. The van der Waals surface area contributed by atoms with Crippen LogP contribution < -0.4 is 4.74 Å². The fourth-order valence-corrected chi connectivity index (χ4v) is 4.16. The van der Waals surface area contributed by atoms with Crippen molar-refractivity contribution >= 4 is 6.08 Å². The zero-order valence-corrected chi connectivity index (χ0v) is 16.2. The topological polar surface area (TPSA) is 50.8 Å². The molecule has 0 spiro atoms. The van der Waals surface area contributed by atoms with E-state index >= 15 is 0 Å². The number of ether oxygens (including phenoxy) is 1. The number of H-pyrrole nitrogens is 1. The van der Waals surface area contributed by atoms with E-state index in [4.69, 9.17) is 4.74 Å². The summed E-state index contributed by atoms with van der Waals surface area (Å²) < 4.78 is 5.51. The van der Waals surface area contributed by atoms with Gasteiger partial charge in [-0.2, -0.15) is 5.10 Å². The lowest BCUT2D eigenvalue weighted by molar-refractivity contribution is 0.413. The maximum absolute atomic E-state index is 5.51. The quantitative estimate of drug-likeness (QED) is 0.541. The van der Waals surface area contributed by atoms with Crippen molar-refractivity contribution in [2.45, 2.75) is 11.8 Å². The molecule has 0 radical (unpaired) electrons. The highest BCUT2D eigenvalue weighted by atomic mass is 16.5. The Morgan fingerprint density at radius 1 is 0.931 bits per heavy atom. The number of fused-ring (bicyclic) bond motifs is 1. The minimum absolute atomic E-state index is 0.295. The summed E-state index contributed by atoms with van der Waals surface area (Å²) in [5.41, 5.74) is 6.13. The molecule has 1 aliphatic carbocycles. The number of pyridine rings is 1. The van der Waals surface area contributed by atoms with Crippen molar-refractivity contribution in [3.8, 4) is 17.1 Å². The van der Waals surface area contributed by atoms with Gasteiger partial charge in [0.1, 0.15) is 11.4 Å². The van der Waals surface area contributed by atoms with E-state index in [0.29, 0.717) is 0 Å². The Labute approximate surface area is 169 Å². The lowest BCUT2D eigenvalue weighted by Gasteiger charge is -2.34. The molecule has 1 N–H and O–H groups in total. The minimum atomic E-state index is -0.295. The Kier molecular flexibility index (Phi) is 4.24. The Hall–Kier alpha value is -3.66. The van der Waals surface area contributed by atoms with Crippen LogP contribution in [0.15, 0.2) is 85.1 Å². The van der Waals surface area contributed by atoms with E-state index in [9.17, 15) is 0 Å². The molecule has 0 bridgehead atoms. The van der Waals surface area contributed by atoms with Gasteiger partial charge in [-0.05, 0) is 35.4 Å². The molecule has 142 valence electrons. The van der Waals surface area contributed by atoms with Crippen LogP contribution in [0.5, 0.6) is 5.75 Å². The van der Waals surface area contributed by atoms with Gasteiger partial charge in [0.25, 0.3) is 0 Å². The highest BCUT2D eigenvalue weighted by Gasteiger charge is 2.36. The van der Waals surface area contributed by atoms with Crippen LogP contribution in [-0.2, 0) is 11.8 Å². The summed E-state index contributed by atoms with van der Waals surface area (Å²) in [7, 11) is 1.71. The molecular weight excluding hydrogens is 358 g/mol. The summed E-state index contributed by atoms with van der Waals surface area (Å²) in [4.78, 5) is 4.47. The third kappa shape index (κ3) is 2.93. The summed E-state index contributed by atoms with van der Waals surface area (Å²) in [6.07, 6.45) is 7.06. The average Bonchev–Trinajstić information content (AvgIpc) is 3.23. The van der Waals surface area contributed by atoms with E-state index < -0.39 is 0 Å². The third-order valence-electron chi connectivity index (χ3n) is 5.65. The number of aromatic amines is 1. The van der Waals surface area contributed by atoms with Crippen LogP contribution in [-0.4, -0.2) is 22.3 Å². The molecule has 0 aliphatic heterocycles. The van der Waals surface area contributed by atoms with Crippen molar-refractivity contribution in [1.82, 2.24) is 15.2 Å². The van der Waals surface area contributed by atoms with Crippen LogP contribution in [0.1, 0.15) is 22.4 Å². The molecule has 29 heavy (non-hydrogen) atoms. The summed E-state index contributed by atoms with van der Waals surface area (Å²) in [6.45, 7) is 0. The van der Waals surface area contributed by atoms with Crippen molar-refractivity contribution in [1.29, 1.82) is 0 Å². The largest absolute Gasteiger partial charge is 0.497 e. The number of benzene rings is 2. The minimum Gasteiger partial charge on any atom is -0.497 e. The third-order valence-corrected chi connectivity index (χ3v) is 5.65. The molecule has 1 atom stereocenters. The molecular formula is C25H21N3O. The molecule has 1 unspecified atom stereocenters. The highest BCUT2D eigenvalue weighted by molar-refractivity contribution is 5.74. The molecule has 2 aromatic heterocycles. The van der Waals surface area contributed by atoms with E-state index in [0.717, 1.165) is 34.8 Å². The van der Waals surface area contributed by atoms with Crippen LogP contribution in [0.3, 0.4) is 0 Å². The van der Waals surface area contributed by atoms with Crippen molar-refractivity contribution in [2.75, 3.05) is 7.11 Å². The van der Waals surface area contributed by atoms with Crippen molar-refractivity contribution in [2.24, 2.45) is 0 Å². The van der Waals surface area contributed by atoms with Gasteiger partial charge >= 0.3 is 0 Å². The molecule has 2 heterocycles. The molecule has 1 aliphatic rings. The average molecular weight is 379 g/mol. The molecule has 0 amide bonds. The monoisotopic (exact) mass is 379 g/mol. The summed E-state index contributed by atoms with van der Waals surface area (Å²) in [6, 6.07) is 24.8. The number of nitrogens with one attached hydrogen (secondary N) is 1. The van der Waals surface area contributed by atoms with Gasteiger partial charge in [-0.15, -0.1) is 0 Å². The fraction of sp³-hybridized carbons (Fsp3) is 0.120. The van der Waals surface area contributed by atoms with Crippen LogP contribution in [0.2, 0.25) is 0 Å². The smallest absolute Gasteiger partial charge is 0.119 e. The van der Waals surface area contributed by atoms with E-state index in [1.165, 1.54) is 11.1 Å². The molecule has 0 saturated heterocycles. The van der Waals surface area contributed by atoms with Gasteiger partial charge < -0.3 is 4.74 Å². The lowest BCUT2D eigenvalue weighted by Crippen LogP contribution is -2.30. The second-order valence-corrected chi connectivity index (χ2v) is 7.26. The Morgan fingerprint density at radius 3 is 2.55 bits per heavy atom. The second-order valence-electron chi connectivity index (χ2n) is 7.26. The zero-order valence-electron chi connectivity index (χ0n) is 16.2. The summed E-state index contributed by atoms with van der Waals surface area (Å²) >= 11 is 0. The van der Waals surface area contributed by atoms with Gasteiger partial charge in [0, 0.05) is 29.3 Å². The number of hydrogen-bond donors (Lipinski definition) is 1. The van der Waals surface area contributed by atoms with Crippen molar-refractivity contribution < 1.29 is 4.74 Å². The van der Waals surface area contributed by atoms with Gasteiger partial charge in [0.05, 0.1) is 12.8 Å². The Bertz CT molecular complexity index is 1170. The number of rotatable bonds is 4. The normalized spacial score (nSPS) is 17.7. The van der Waals surface area contributed by atoms with Gasteiger partial charge in [0.2, 0.25) is 0 Å². The van der Waals surface area contributed by atoms with E-state index in [1.807, 2.05) is 24.3 Å². The van der Waals surface area contributed by atoms with E-state index in [1.54, 1.807) is 13.3 Å². The first-order chi connectivity index (χ1) is 14.3. The predicted molar refractivity (Wildman–Crippen MR) is 115 cm³/mol. The van der Waals surface area contributed by atoms with Gasteiger partial charge in [-0.25, -0.2) is 0 Å². The van der Waals surface area contributed by atoms with Crippen molar-refractivity contribution in [3.63, 3.8) is 0 Å². The molecule has 5 rings (SSSR count). The van der Waals surface area contributed by atoms with Crippen LogP contribution in [0.4, 0.5) is 0 Å².